The van der Waals surface area contributed by atoms with Gasteiger partial charge in [0.1, 0.15) is 24.4 Å². The highest BCUT2D eigenvalue weighted by Crippen LogP contribution is 2.44. The fraction of sp³-hybridized carbons (Fsp3) is 0.875. The first-order valence-corrected chi connectivity index (χ1v) is 14.5. The standard InChI is InChI=1S/C24H35Cl4N3O5/c1-31-22(34)23(29-20(32)12-35-14-2-4-16(25)18(27)10-14)6-8-24(31,9-7-23)30-21(33)13-36-15-3-5-17(26)19(28)11-15/h14-19H,2-13H2,1H3,(H,29,32)(H,30,33). The molecule has 12 heteroatoms. The first-order valence-electron chi connectivity index (χ1n) is 12.7. The monoisotopic (exact) mass is 585 g/mol. The predicted octanol–water partition coefficient (Wildman–Crippen LogP) is 3.27. The zero-order chi connectivity index (χ0) is 26.1. The zero-order valence-electron chi connectivity index (χ0n) is 20.4. The molecule has 3 aliphatic carbocycles. The van der Waals surface area contributed by atoms with E-state index < -0.39 is 11.2 Å². The number of alkyl halides is 4. The summed E-state index contributed by atoms with van der Waals surface area (Å²) in [6.45, 7) is -0.229. The largest absolute Gasteiger partial charge is 0.368 e. The molecule has 2 bridgehead atoms. The Morgan fingerprint density at radius 2 is 1.28 bits per heavy atom. The lowest BCUT2D eigenvalue weighted by Crippen LogP contribution is -2.77. The number of nitrogens with zero attached hydrogens (tertiary/aromatic N) is 1. The maximum atomic E-state index is 13.3. The Morgan fingerprint density at radius 1 is 0.806 bits per heavy atom. The van der Waals surface area contributed by atoms with Gasteiger partial charge >= 0.3 is 0 Å². The van der Waals surface area contributed by atoms with E-state index in [0.29, 0.717) is 38.5 Å². The first kappa shape index (κ1) is 28.5. The SMILES string of the molecule is CN1C(=O)C2(NC(=O)COC3CCC(Cl)C(Cl)C3)CCC1(NC(=O)COC1CCC(Cl)C(Cl)C1)CC2. The molecule has 3 amide bonds. The van der Waals surface area contributed by atoms with E-state index in [0.717, 1.165) is 25.7 Å². The van der Waals surface area contributed by atoms with Crippen molar-refractivity contribution < 1.29 is 23.9 Å². The molecule has 0 spiro atoms. The highest BCUT2D eigenvalue weighted by molar-refractivity contribution is 6.30. The van der Waals surface area contributed by atoms with E-state index >= 15 is 0 Å². The second kappa shape index (κ2) is 11.7. The minimum absolute atomic E-state index is 0.0698. The average molecular weight is 587 g/mol. The van der Waals surface area contributed by atoms with Gasteiger partial charge in [0.15, 0.2) is 0 Å². The smallest absolute Gasteiger partial charge is 0.249 e. The molecule has 3 saturated carbocycles. The molecule has 6 atom stereocenters. The van der Waals surface area contributed by atoms with Crippen LogP contribution in [0.5, 0.6) is 0 Å². The normalized spacial score (nSPS) is 40.7. The van der Waals surface area contributed by atoms with Gasteiger partial charge in [-0.15, -0.1) is 46.4 Å². The number of rotatable bonds is 8. The topological polar surface area (TPSA) is 97.0 Å². The van der Waals surface area contributed by atoms with E-state index in [9.17, 15) is 14.4 Å². The van der Waals surface area contributed by atoms with Gasteiger partial charge < -0.3 is 25.0 Å². The highest BCUT2D eigenvalue weighted by atomic mass is 35.5. The molecule has 2 aliphatic heterocycles. The van der Waals surface area contributed by atoms with Crippen LogP contribution < -0.4 is 10.6 Å². The van der Waals surface area contributed by atoms with Gasteiger partial charge in [0.2, 0.25) is 17.7 Å². The second-order valence-electron chi connectivity index (χ2n) is 10.6. The third kappa shape index (κ3) is 6.20. The van der Waals surface area contributed by atoms with Gasteiger partial charge in [-0.1, -0.05) is 0 Å². The van der Waals surface area contributed by atoms with Crippen LogP contribution >= 0.6 is 46.4 Å². The van der Waals surface area contributed by atoms with Gasteiger partial charge in [-0.3, -0.25) is 14.4 Å². The summed E-state index contributed by atoms with van der Waals surface area (Å²) in [4.78, 5) is 40.3. The van der Waals surface area contributed by atoms with Crippen molar-refractivity contribution in [3.8, 4) is 0 Å². The van der Waals surface area contributed by atoms with Crippen LogP contribution in [0.4, 0.5) is 0 Å². The van der Waals surface area contributed by atoms with Crippen LogP contribution in [0.15, 0.2) is 0 Å². The van der Waals surface area contributed by atoms with Crippen molar-refractivity contribution in [3.63, 3.8) is 0 Å². The van der Waals surface area contributed by atoms with Gasteiger partial charge in [-0.25, -0.2) is 0 Å². The minimum atomic E-state index is -0.976. The fourth-order valence-electron chi connectivity index (χ4n) is 5.92. The van der Waals surface area contributed by atoms with Crippen LogP contribution in [-0.4, -0.2) is 87.8 Å². The number of halogens is 4. The first-order chi connectivity index (χ1) is 17.0. The van der Waals surface area contributed by atoms with Gasteiger partial charge in [0.25, 0.3) is 0 Å². The number of hydrogen-bond donors (Lipinski definition) is 2. The van der Waals surface area contributed by atoms with Crippen molar-refractivity contribution in [2.24, 2.45) is 0 Å². The number of carbonyl (C=O) groups excluding carboxylic acids is 3. The molecule has 0 aromatic heterocycles. The maximum Gasteiger partial charge on any atom is 0.249 e. The van der Waals surface area contributed by atoms with Gasteiger partial charge in [-0.05, 0) is 64.2 Å². The average Bonchev–Trinajstić information content (AvgIpc) is 2.85. The van der Waals surface area contributed by atoms with Crippen molar-refractivity contribution in [3.05, 3.63) is 0 Å². The number of piperidine rings is 2. The fourth-order valence-corrected chi connectivity index (χ4v) is 7.02. The van der Waals surface area contributed by atoms with Gasteiger partial charge in [0.05, 0.1) is 33.7 Å². The molecule has 2 N–H and O–H groups in total. The van der Waals surface area contributed by atoms with E-state index in [1.807, 2.05) is 0 Å². The van der Waals surface area contributed by atoms with Crippen LogP contribution in [0, 0.1) is 0 Å². The minimum Gasteiger partial charge on any atom is -0.368 e. The van der Waals surface area contributed by atoms with E-state index in [2.05, 4.69) is 10.6 Å². The quantitative estimate of drug-likeness (QED) is 0.426. The Bertz CT molecular complexity index is 841. The Kier molecular flexibility index (Phi) is 9.26. The number of likely N-dealkylation sites (N-methyl/N-ethyl adjacent to an activating group) is 1. The molecule has 5 fully saturated rings. The predicted molar refractivity (Wildman–Crippen MR) is 139 cm³/mol. The summed E-state index contributed by atoms with van der Waals surface area (Å²) in [7, 11) is 1.67. The van der Waals surface area contributed by atoms with E-state index in [1.165, 1.54) is 0 Å². The zero-order valence-corrected chi connectivity index (χ0v) is 23.5. The van der Waals surface area contributed by atoms with Crippen LogP contribution in [0.1, 0.15) is 64.2 Å². The van der Waals surface area contributed by atoms with Crippen LogP contribution in [0.3, 0.4) is 0 Å². The lowest BCUT2D eigenvalue weighted by atomic mass is 9.69. The number of fused-ring (bicyclic) bond motifs is 3. The third-order valence-corrected chi connectivity index (χ3v) is 10.5. The molecule has 5 rings (SSSR count). The molecular formula is C24H35Cl4N3O5. The molecule has 2 heterocycles. The molecule has 0 radical (unpaired) electrons. The summed E-state index contributed by atoms with van der Waals surface area (Å²) in [5, 5.41) is 5.47. The van der Waals surface area contributed by atoms with Crippen molar-refractivity contribution in [1.29, 1.82) is 0 Å². The maximum absolute atomic E-state index is 13.3. The van der Waals surface area contributed by atoms with Crippen LogP contribution in [0.25, 0.3) is 0 Å². The van der Waals surface area contributed by atoms with Crippen LogP contribution in [0.2, 0.25) is 0 Å². The molecule has 5 aliphatic rings. The Morgan fingerprint density at radius 3 is 1.75 bits per heavy atom. The lowest BCUT2D eigenvalue weighted by molar-refractivity contribution is -0.167. The molecule has 36 heavy (non-hydrogen) atoms. The van der Waals surface area contributed by atoms with Gasteiger partial charge in [-0.2, -0.15) is 0 Å². The molecular weight excluding hydrogens is 552 g/mol. The molecule has 6 unspecified atom stereocenters. The summed E-state index contributed by atoms with van der Waals surface area (Å²) < 4.78 is 11.6. The summed E-state index contributed by atoms with van der Waals surface area (Å²) in [6, 6.07) is 0. The Labute approximate surface area is 232 Å². The van der Waals surface area contributed by atoms with E-state index in [-0.39, 0.29) is 64.7 Å². The molecule has 0 aromatic carbocycles. The highest BCUT2D eigenvalue weighted by Gasteiger charge is 2.58. The van der Waals surface area contributed by atoms with Gasteiger partial charge in [0, 0.05) is 7.05 Å². The molecule has 204 valence electrons. The van der Waals surface area contributed by atoms with Crippen molar-refractivity contribution in [2.75, 3.05) is 20.3 Å². The van der Waals surface area contributed by atoms with E-state index in [1.54, 1.807) is 11.9 Å². The Balaban J connectivity index is 1.25. The van der Waals surface area contributed by atoms with Crippen LogP contribution in [-0.2, 0) is 23.9 Å². The summed E-state index contributed by atoms with van der Waals surface area (Å²) in [6.07, 6.45) is 5.97. The molecule has 0 aromatic rings. The third-order valence-electron chi connectivity index (χ3n) is 8.23. The number of nitrogens with one attached hydrogen (secondary N) is 2. The number of hydrogen-bond acceptors (Lipinski definition) is 5. The van der Waals surface area contributed by atoms with Crippen molar-refractivity contribution >= 4 is 64.1 Å². The molecule has 8 nitrogen and oxygen atoms in total. The summed E-state index contributed by atoms with van der Waals surface area (Å²) >= 11 is 24.8. The summed E-state index contributed by atoms with van der Waals surface area (Å²) in [5.74, 6) is -0.805. The molecule has 2 saturated heterocycles. The number of amides is 3. The lowest BCUT2D eigenvalue weighted by Gasteiger charge is -2.57. The van der Waals surface area contributed by atoms with Crippen molar-refractivity contribution in [2.45, 2.75) is 109 Å². The number of carbonyl (C=O) groups is 3. The number of ether oxygens (including phenoxy) is 2. The Hall–Kier alpha value is -0.510. The van der Waals surface area contributed by atoms with E-state index in [4.69, 9.17) is 55.9 Å². The van der Waals surface area contributed by atoms with Crippen molar-refractivity contribution in [1.82, 2.24) is 15.5 Å². The summed E-state index contributed by atoms with van der Waals surface area (Å²) in [5.41, 5.74) is -1.75. The second-order valence-corrected chi connectivity index (χ2v) is 12.9.